The van der Waals surface area contributed by atoms with Gasteiger partial charge in [0.2, 0.25) is 0 Å². The predicted molar refractivity (Wildman–Crippen MR) is 78.1 cm³/mol. The third-order valence-corrected chi connectivity index (χ3v) is 4.45. The van der Waals surface area contributed by atoms with Gasteiger partial charge in [0.15, 0.2) is 5.30 Å². The summed E-state index contributed by atoms with van der Waals surface area (Å²) >= 11 is 13.8. The maximum absolute atomic E-state index is 4.60. The fraction of sp³-hybridized carbons (Fsp3) is 0. The van der Waals surface area contributed by atoms with Crippen LogP contribution in [0.3, 0.4) is 0 Å². The van der Waals surface area contributed by atoms with Gasteiger partial charge in [-0.15, -0.1) is 0 Å². The minimum Gasteiger partial charge on any atom is -0.0620 e. The largest absolute Gasteiger partial charge is 0.429 e. The lowest BCUT2D eigenvalue weighted by atomic mass is 10.4. The molecule has 0 aliphatic carbocycles. The zero-order chi connectivity index (χ0) is 11.9. The highest BCUT2D eigenvalue weighted by atomic mass is 32.1. The molecule has 0 radical (unpaired) electrons. The van der Waals surface area contributed by atoms with Gasteiger partial charge in [-0.05, 0) is 63.1 Å². The van der Waals surface area contributed by atoms with Crippen LogP contribution in [0, 0.1) is 0 Å². The van der Waals surface area contributed by atoms with E-state index in [0.717, 1.165) is 5.30 Å². The van der Waals surface area contributed by atoms with Crippen LogP contribution < -0.4 is 5.30 Å². The molecule has 0 saturated carbocycles. The molecule has 78 valence electrons. The molecule has 0 aliphatic rings. The van der Waals surface area contributed by atoms with Crippen molar-refractivity contribution in [2.24, 2.45) is 14.3 Å². The monoisotopic (exact) mass is 282 g/mol. The van der Waals surface area contributed by atoms with Crippen LogP contribution in [0.25, 0.3) is 0 Å². The summed E-state index contributed by atoms with van der Waals surface area (Å²) in [7, 11) is -2.62. The maximum Gasteiger partial charge on any atom is 0.429 e. The van der Waals surface area contributed by atoms with Gasteiger partial charge in [-0.3, -0.25) is 0 Å². The SMILES string of the molecule is S=C=N[P+](N=C=S)(N=C=S)c1ccccc1. The van der Waals surface area contributed by atoms with E-state index in [1.807, 2.05) is 30.3 Å². The van der Waals surface area contributed by atoms with Crippen LogP contribution in [0.5, 0.6) is 0 Å². The molecule has 0 aliphatic heterocycles. The highest BCUT2D eigenvalue weighted by molar-refractivity contribution is 7.84. The van der Waals surface area contributed by atoms with Gasteiger partial charge in [0, 0.05) is 0 Å². The molecule has 0 aromatic heterocycles. The second-order valence-electron chi connectivity index (χ2n) is 2.48. The van der Waals surface area contributed by atoms with Gasteiger partial charge in [0.05, 0.1) is 0 Å². The molecule has 7 heteroatoms. The number of isothiocyanates is 3. The number of nitrogens with zero attached hydrogens (tertiary/aromatic N) is 3. The van der Waals surface area contributed by atoms with Crippen molar-refractivity contribution < 1.29 is 0 Å². The predicted octanol–water partition coefficient (Wildman–Crippen LogP) is 3.38. The summed E-state index contributed by atoms with van der Waals surface area (Å²) in [6.45, 7) is 0. The average molecular weight is 282 g/mol. The number of rotatable bonds is 4. The van der Waals surface area contributed by atoms with Gasteiger partial charge in [0.1, 0.15) is 15.5 Å². The lowest BCUT2D eigenvalue weighted by molar-refractivity contribution is 1.61. The van der Waals surface area contributed by atoms with Crippen molar-refractivity contribution in [1.82, 2.24) is 0 Å². The Balaban J connectivity index is 3.49. The molecule has 0 fully saturated rings. The fourth-order valence-electron chi connectivity index (χ4n) is 1.04. The standard InChI is InChI=1S/C9H5N3PS3/c14-6-10-13(11-7-15,12-8-16)9-4-2-1-3-5-9/h1-5H/q+1. The van der Waals surface area contributed by atoms with Crippen LogP contribution in [0.4, 0.5) is 0 Å². The molecule has 0 bridgehead atoms. The Morgan fingerprint density at radius 2 is 1.25 bits per heavy atom. The van der Waals surface area contributed by atoms with Crippen LogP contribution in [0.2, 0.25) is 0 Å². The first-order chi connectivity index (χ1) is 7.79. The van der Waals surface area contributed by atoms with Crippen molar-refractivity contribution in [3.63, 3.8) is 0 Å². The molecular formula is C9H5N3PS3+. The molecule has 16 heavy (non-hydrogen) atoms. The Hall–Kier alpha value is -0.950. The molecule has 0 saturated heterocycles. The second-order valence-corrected chi connectivity index (χ2v) is 5.28. The number of thiocarbonyl (C=S) groups is 3. The second kappa shape index (κ2) is 6.59. The first-order valence-corrected chi connectivity index (χ1v) is 6.89. The smallest absolute Gasteiger partial charge is 0.0620 e. The third kappa shape index (κ3) is 3.02. The first-order valence-electron chi connectivity index (χ1n) is 4.02. The van der Waals surface area contributed by atoms with Crippen LogP contribution in [0.1, 0.15) is 0 Å². The average Bonchev–Trinajstić information content (AvgIpc) is 2.31. The van der Waals surface area contributed by atoms with E-state index in [0.29, 0.717) is 0 Å². The van der Waals surface area contributed by atoms with Crippen molar-refractivity contribution in [3.05, 3.63) is 30.3 Å². The zero-order valence-corrected chi connectivity index (χ0v) is 11.2. The summed E-state index contributed by atoms with van der Waals surface area (Å²) < 4.78 is 12.0. The topological polar surface area (TPSA) is 37.1 Å². The number of hydrogen-bond acceptors (Lipinski definition) is 6. The van der Waals surface area contributed by atoms with E-state index in [9.17, 15) is 0 Å². The minimum atomic E-state index is -2.62. The van der Waals surface area contributed by atoms with Crippen molar-refractivity contribution in [1.29, 1.82) is 0 Å². The first kappa shape index (κ1) is 13.1. The van der Waals surface area contributed by atoms with Gasteiger partial charge in [-0.25, -0.2) is 0 Å². The van der Waals surface area contributed by atoms with E-state index >= 15 is 0 Å². The van der Waals surface area contributed by atoms with Gasteiger partial charge < -0.3 is 0 Å². The van der Waals surface area contributed by atoms with Gasteiger partial charge in [-0.2, -0.15) is 0 Å². The Morgan fingerprint density at radius 1 is 0.812 bits per heavy atom. The van der Waals surface area contributed by atoms with E-state index in [4.69, 9.17) is 0 Å². The van der Waals surface area contributed by atoms with Crippen LogP contribution in [-0.2, 0) is 0 Å². The quantitative estimate of drug-likeness (QED) is 0.482. The molecule has 0 atom stereocenters. The van der Waals surface area contributed by atoms with E-state index in [1.54, 1.807) is 0 Å². The highest BCUT2D eigenvalue weighted by Gasteiger charge is 2.42. The highest BCUT2D eigenvalue weighted by Crippen LogP contribution is 2.61. The summed E-state index contributed by atoms with van der Waals surface area (Å²) in [5.74, 6) is 0. The number of benzene rings is 1. The third-order valence-electron chi connectivity index (χ3n) is 1.64. The molecule has 0 amide bonds. The van der Waals surface area contributed by atoms with E-state index < -0.39 is 7.71 Å². The normalized spacial score (nSPS) is 12.2. The summed E-state index contributed by atoms with van der Waals surface area (Å²) in [6.07, 6.45) is 0. The summed E-state index contributed by atoms with van der Waals surface area (Å²) in [5.41, 5.74) is 0. The van der Waals surface area contributed by atoms with Gasteiger partial charge >= 0.3 is 7.71 Å². The Kier molecular flexibility index (Phi) is 5.41. The number of hydrogen-bond donors (Lipinski definition) is 0. The van der Waals surface area contributed by atoms with Crippen molar-refractivity contribution >= 4 is 65.2 Å². The summed E-state index contributed by atoms with van der Waals surface area (Å²) in [4.78, 5) is 0. The maximum atomic E-state index is 4.60. The van der Waals surface area contributed by atoms with Crippen LogP contribution in [0.15, 0.2) is 44.6 Å². The Bertz CT molecular complexity index is 467. The van der Waals surface area contributed by atoms with E-state index in [-0.39, 0.29) is 0 Å². The Labute approximate surface area is 110 Å². The molecule has 1 aromatic rings. The van der Waals surface area contributed by atoms with Crippen molar-refractivity contribution in [2.75, 3.05) is 0 Å². The molecule has 0 heterocycles. The summed E-state index contributed by atoms with van der Waals surface area (Å²) in [5, 5.41) is 7.60. The fourth-order valence-corrected chi connectivity index (χ4v) is 3.46. The lowest BCUT2D eigenvalue weighted by Gasteiger charge is -2.03. The molecule has 1 aromatic carbocycles. The Morgan fingerprint density at radius 3 is 1.62 bits per heavy atom. The van der Waals surface area contributed by atoms with Crippen molar-refractivity contribution in [2.45, 2.75) is 0 Å². The van der Waals surface area contributed by atoms with Crippen molar-refractivity contribution in [3.8, 4) is 0 Å². The molecule has 3 nitrogen and oxygen atoms in total. The summed E-state index contributed by atoms with van der Waals surface area (Å²) in [6, 6.07) is 9.23. The van der Waals surface area contributed by atoms with Crippen LogP contribution in [-0.4, -0.2) is 15.5 Å². The van der Waals surface area contributed by atoms with Gasteiger partial charge in [-0.1, -0.05) is 18.2 Å². The molecule has 0 spiro atoms. The van der Waals surface area contributed by atoms with Crippen LogP contribution >= 0.6 is 44.4 Å². The lowest BCUT2D eigenvalue weighted by Crippen LogP contribution is -2.04. The van der Waals surface area contributed by atoms with Gasteiger partial charge in [0.25, 0.3) is 0 Å². The molecular weight excluding hydrogens is 277 g/mol. The van der Waals surface area contributed by atoms with E-state index in [1.165, 1.54) is 0 Å². The molecule has 0 unspecified atom stereocenters. The van der Waals surface area contributed by atoms with E-state index in [2.05, 4.69) is 66.4 Å². The minimum absolute atomic E-state index is 0.780. The zero-order valence-electron chi connectivity index (χ0n) is 7.90. The molecule has 1 rings (SSSR count). The molecule has 0 N–H and O–H groups in total.